The number of amides is 1. The highest BCUT2D eigenvalue weighted by molar-refractivity contribution is 5.81. The number of nitrogens with zero attached hydrogens (tertiary/aromatic N) is 4. The van der Waals surface area contributed by atoms with Crippen LogP contribution >= 0.6 is 0 Å². The molecule has 1 saturated heterocycles. The van der Waals surface area contributed by atoms with Gasteiger partial charge in [0, 0.05) is 45.0 Å². The third kappa shape index (κ3) is 4.62. The van der Waals surface area contributed by atoms with E-state index >= 15 is 0 Å². The molecular weight excluding hydrogens is 328 g/mol. The zero-order chi connectivity index (χ0) is 18.4. The quantitative estimate of drug-likeness (QED) is 0.631. The predicted molar refractivity (Wildman–Crippen MR) is 102 cm³/mol. The van der Waals surface area contributed by atoms with Crippen molar-refractivity contribution in [2.75, 3.05) is 20.1 Å². The predicted octanol–water partition coefficient (Wildman–Crippen LogP) is 1.55. The summed E-state index contributed by atoms with van der Waals surface area (Å²) in [5.74, 6) is 0.991. The summed E-state index contributed by atoms with van der Waals surface area (Å²) in [6, 6.07) is 10.3. The van der Waals surface area contributed by atoms with Crippen LogP contribution in [0, 0.1) is 0 Å². The maximum atomic E-state index is 11.6. The average Bonchev–Trinajstić information content (AvgIpc) is 3.18. The number of aromatic nitrogens is 2. The first-order chi connectivity index (χ1) is 12.7. The van der Waals surface area contributed by atoms with Gasteiger partial charge in [-0.1, -0.05) is 12.1 Å². The summed E-state index contributed by atoms with van der Waals surface area (Å²) in [7, 11) is 1.85. The fourth-order valence-electron chi connectivity index (χ4n) is 3.03. The van der Waals surface area contributed by atoms with E-state index in [9.17, 15) is 4.79 Å². The highest BCUT2D eigenvalue weighted by Crippen LogP contribution is 2.11. The summed E-state index contributed by atoms with van der Waals surface area (Å²) < 4.78 is 1.84. The zero-order valence-corrected chi connectivity index (χ0v) is 15.4. The summed E-state index contributed by atoms with van der Waals surface area (Å²) in [4.78, 5) is 18.1. The van der Waals surface area contributed by atoms with Crippen molar-refractivity contribution in [1.82, 2.24) is 25.3 Å². The van der Waals surface area contributed by atoms with Crippen molar-refractivity contribution in [3.05, 3.63) is 48.3 Å². The van der Waals surface area contributed by atoms with Crippen LogP contribution in [-0.2, 0) is 11.3 Å². The van der Waals surface area contributed by atoms with Crippen molar-refractivity contribution in [3.8, 4) is 5.69 Å². The lowest BCUT2D eigenvalue weighted by molar-refractivity contribution is -0.132. The van der Waals surface area contributed by atoms with E-state index in [1.807, 2.05) is 43.0 Å². The SMILES string of the molecule is CCNC(=NCc1cccc(-n2cccn2)c1)NC1CCC(=O)N(C)C1. The highest BCUT2D eigenvalue weighted by Gasteiger charge is 2.23. The van der Waals surface area contributed by atoms with Crippen molar-refractivity contribution < 1.29 is 4.79 Å². The number of likely N-dealkylation sites (N-methyl/N-ethyl adjacent to an activating group) is 1. The zero-order valence-electron chi connectivity index (χ0n) is 15.4. The van der Waals surface area contributed by atoms with E-state index in [2.05, 4.69) is 27.9 Å². The van der Waals surface area contributed by atoms with Crippen LogP contribution < -0.4 is 10.6 Å². The summed E-state index contributed by atoms with van der Waals surface area (Å²) >= 11 is 0. The highest BCUT2D eigenvalue weighted by atomic mass is 16.2. The molecular formula is C19H26N6O. The Labute approximate surface area is 154 Å². The van der Waals surface area contributed by atoms with Crippen LogP contribution in [0.3, 0.4) is 0 Å². The first kappa shape index (κ1) is 18.0. The Bertz CT molecular complexity index is 755. The molecule has 2 aromatic rings. The van der Waals surface area contributed by atoms with Gasteiger partial charge in [0.15, 0.2) is 5.96 Å². The Kier molecular flexibility index (Phi) is 5.88. The van der Waals surface area contributed by atoms with Gasteiger partial charge in [-0.25, -0.2) is 9.67 Å². The summed E-state index contributed by atoms with van der Waals surface area (Å²) in [5, 5.41) is 11.0. The first-order valence-corrected chi connectivity index (χ1v) is 9.03. The number of nitrogens with one attached hydrogen (secondary N) is 2. The van der Waals surface area contributed by atoms with Gasteiger partial charge in [-0.2, -0.15) is 5.10 Å². The van der Waals surface area contributed by atoms with Gasteiger partial charge in [-0.15, -0.1) is 0 Å². The molecule has 1 unspecified atom stereocenters. The first-order valence-electron chi connectivity index (χ1n) is 9.03. The van der Waals surface area contributed by atoms with Crippen molar-refractivity contribution in [1.29, 1.82) is 0 Å². The van der Waals surface area contributed by atoms with Gasteiger partial charge in [0.2, 0.25) is 5.91 Å². The normalized spacial score (nSPS) is 18.1. The molecule has 1 aliphatic rings. The van der Waals surface area contributed by atoms with E-state index in [0.717, 1.165) is 30.2 Å². The van der Waals surface area contributed by atoms with Crippen LogP contribution in [0.25, 0.3) is 5.69 Å². The van der Waals surface area contributed by atoms with Gasteiger partial charge in [0.25, 0.3) is 0 Å². The van der Waals surface area contributed by atoms with E-state index in [-0.39, 0.29) is 11.9 Å². The molecule has 3 rings (SSSR count). The fourth-order valence-corrected chi connectivity index (χ4v) is 3.03. The van der Waals surface area contributed by atoms with E-state index in [1.165, 1.54) is 0 Å². The molecule has 1 aliphatic heterocycles. The minimum absolute atomic E-state index is 0.209. The van der Waals surface area contributed by atoms with Gasteiger partial charge >= 0.3 is 0 Å². The molecule has 0 spiro atoms. The third-order valence-electron chi connectivity index (χ3n) is 4.41. The molecule has 7 nitrogen and oxygen atoms in total. The van der Waals surface area contributed by atoms with Gasteiger partial charge < -0.3 is 15.5 Å². The second-order valence-corrected chi connectivity index (χ2v) is 6.47. The maximum absolute atomic E-state index is 11.6. The van der Waals surface area contributed by atoms with E-state index < -0.39 is 0 Å². The van der Waals surface area contributed by atoms with Crippen molar-refractivity contribution >= 4 is 11.9 Å². The topological polar surface area (TPSA) is 74.5 Å². The third-order valence-corrected chi connectivity index (χ3v) is 4.41. The lowest BCUT2D eigenvalue weighted by atomic mass is 10.1. The summed E-state index contributed by atoms with van der Waals surface area (Å²) in [6.45, 7) is 4.12. The van der Waals surface area contributed by atoms with Crippen molar-refractivity contribution in [2.24, 2.45) is 4.99 Å². The molecule has 1 amide bonds. The van der Waals surface area contributed by atoms with Gasteiger partial charge in [-0.05, 0) is 37.1 Å². The van der Waals surface area contributed by atoms with E-state index in [4.69, 9.17) is 4.99 Å². The molecule has 0 aliphatic carbocycles. The summed E-state index contributed by atoms with van der Waals surface area (Å²) in [6.07, 6.45) is 5.11. The Hall–Kier alpha value is -2.83. The van der Waals surface area contributed by atoms with Crippen LogP contribution in [0.1, 0.15) is 25.3 Å². The number of hydrogen-bond acceptors (Lipinski definition) is 3. The number of piperidine rings is 1. The molecule has 7 heteroatoms. The molecule has 0 saturated carbocycles. The molecule has 1 fully saturated rings. The summed E-state index contributed by atoms with van der Waals surface area (Å²) in [5.41, 5.74) is 2.14. The Morgan fingerprint density at radius 2 is 2.27 bits per heavy atom. The van der Waals surface area contributed by atoms with Crippen molar-refractivity contribution in [2.45, 2.75) is 32.4 Å². The van der Waals surface area contributed by atoms with Crippen LogP contribution in [0.2, 0.25) is 0 Å². The molecule has 138 valence electrons. The molecule has 1 atom stereocenters. The number of benzene rings is 1. The number of guanidine groups is 1. The van der Waals surface area contributed by atoms with Crippen LogP contribution in [0.4, 0.5) is 0 Å². The van der Waals surface area contributed by atoms with E-state index in [1.54, 1.807) is 11.1 Å². The standard InChI is InChI=1S/C19H26N6O/c1-3-20-19(23-16-8-9-18(26)24(2)14-16)21-13-15-6-4-7-17(12-15)25-11-5-10-22-25/h4-7,10-12,16H,3,8-9,13-14H2,1-2H3,(H2,20,21,23). The smallest absolute Gasteiger partial charge is 0.222 e. The minimum Gasteiger partial charge on any atom is -0.357 e. The van der Waals surface area contributed by atoms with Gasteiger partial charge in [-0.3, -0.25) is 4.79 Å². The van der Waals surface area contributed by atoms with Crippen LogP contribution in [0.5, 0.6) is 0 Å². The Morgan fingerprint density at radius 3 is 3.00 bits per heavy atom. The number of hydrogen-bond donors (Lipinski definition) is 2. The number of aliphatic imine (C=N–C) groups is 1. The Morgan fingerprint density at radius 1 is 1.38 bits per heavy atom. The molecule has 0 radical (unpaired) electrons. The molecule has 1 aromatic heterocycles. The molecule has 1 aromatic carbocycles. The number of likely N-dealkylation sites (tertiary alicyclic amines) is 1. The number of carbonyl (C=O) groups is 1. The fraction of sp³-hybridized carbons (Fsp3) is 0.421. The second-order valence-electron chi connectivity index (χ2n) is 6.47. The number of carbonyl (C=O) groups excluding carboxylic acids is 1. The molecule has 26 heavy (non-hydrogen) atoms. The van der Waals surface area contributed by atoms with Gasteiger partial charge in [0.1, 0.15) is 0 Å². The second kappa shape index (κ2) is 8.51. The van der Waals surface area contributed by atoms with E-state index in [0.29, 0.717) is 19.5 Å². The lowest BCUT2D eigenvalue weighted by Gasteiger charge is -2.31. The van der Waals surface area contributed by atoms with Crippen LogP contribution in [0.15, 0.2) is 47.7 Å². The van der Waals surface area contributed by atoms with Crippen molar-refractivity contribution in [3.63, 3.8) is 0 Å². The van der Waals surface area contributed by atoms with Crippen LogP contribution in [-0.4, -0.2) is 52.7 Å². The lowest BCUT2D eigenvalue weighted by Crippen LogP contribution is -2.51. The van der Waals surface area contributed by atoms with Gasteiger partial charge in [0.05, 0.1) is 12.2 Å². The molecule has 2 heterocycles. The number of rotatable bonds is 5. The monoisotopic (exact) mass is 354 g/mol. The molecule has 0 bridgehead atoms. The maximum Gasteiger partial charge on any atom is 0.222 e. The largest absolute Gasteiger partial charge is 0.357 e. The molecule has 2 N–H and O–H groups in total. The Balaban J connectivity index is 1.66. The minimum atomic E-state index is 0.209. The average molecular weight is 354 g/mol.